The summed E-state index contributed by atoms with van der Waals surface area (Å²) >= 11 is 0. The van der Waals surface area contributed by atoms with Crippen LogP contribution in [-0.2, 0) is 22.7 Å². The molecule has 0 N–H and O–H groups in total. The molecule has 2 bridgehead atoms. The van der Waals surface area contributed by atoms with Gasteiger partial charge in [0.25, 0.3) is 0 Å². The average molecular weight is 532 g/mol. The predicted molar refractivity (Wildman–Crippen MR) is 134 cm³/mol. The maximum Gasteiger partial charge on any atom is 0.416 e. The summed E-state index contributed by atoms with van der Waals surface area (Å²) in [7, 11) is 0. The van der Waals surface area contributed by atoms with Gasteiger partial charge in [-0.2, -0.15) is 26.3 Å². The molecule has 0 amide bonds. The van der Waals surface area contributed by atoms with Crippen LogP contribution in [0.1, 0.15) is 50.4 Å². The normalized spacial score (nSPS) is 21.2. The van der Waals surface area contributed by atoms with Crippen molar-refractivity contribution >= 4 is 11.3 Å². The average Bonchev–Trinajstić information content (AvgIpc) is 3.34. The third kappa shape index (κ3) is 3.35. The van der Waals surface area contributed by atoms with E-state index >= 15 is 0 Å². The Bertz CT molecular complexity index is 1640. The second kappa shape index (κ2) is 7.88. The Morgan fingerprint density at radius 3 is 1.51 bits per heavy atom. The van der Waals surface area contributed by atoms with E-state index in [0.29, 0.717) is 16.9 Å². The summed E-state index contributed by atoms with van der Waals surface area (Å²) in [4.78, 5) is 0. The monoisotopic (exact) mass is 532 g/mol. The fourth-order valence-electron chi connectivity index (χ4n) is 6.19. The summed E-state index contributed by atoms with van der Waals surface area (Å²) in [5.41, 5.74) is 3.91. The van der Waals surface area contributed by atoms with Crippen molar-refractivity contribution in [1.82, 2.24) is 0 Å². The van der Waals surface area contributed by atoms with Gasteiger partial charge in [-0.05, 0) is 52.6 Å². The summed E-state index contributed by atoms with van der Waals surface area (Å²) in [5.74, 6) is 0.146. The number of ether oxygens (including phenoxy) is 1. The first-order chi connectivity index (χ1) is 18.6. The van der Waals surface area contributed by atoms with Crippen molar-refractivity contribution in [3.05, 3.63) is 153 Å². The smallest absolute Gasteiger partial charge is 0.416 e. The number of halogens is 6. The number of alkyl halides is 6. The number of benzene rings is 4. The van der Waals surface area contributed by atoms with Crippen molar-refractivity contribution in [2.24, 2.45) is 0 Å². The minimum atomic E-state index is -4.47. The summed E-state index contributed by atoms with van der Waals surface area (Å²) < 4.78 is 86.4. The first kappa shape index (κ1) is 23.8. The highest BCUT2D eigenvalue weighted by atomic mass is 19.4. The van der Waals surface area contributed by atoms with Crippen molar-refractivity contribution < 1.29 is 31.1 Å². The molecule has 0 radical (unpaired) electrons. The topological polar surface area (TPSA) is 9.23 Å². The van der Waals surface area contributed by atoms with Gasteiger partial charge in [0.15, 0.2) is 5.60 Å². The van der Waals surface area contributed by atoms with E-state index in [1.165, 1.54) is 24.3 Å². The third-order valence-corrected chi connectivity index (χ3v) is 7.82. The predicted octanol–water partition coefficient (Wildman–Crippen LogP) is 8.95. The molecule has 194 valence electrons. The van der Waals surface area contributed by atoms with E-state index in [9.17, 15) is 26.3 Å². The van der Waals surface area contributed by atoms with Crippen LogP contribution >= 0.6 is 0 Å². The van der Waals surface area contributed by atoms with Crippen LogP contribution in [0.3, 0.4) is 0 Å². The van der Waals surface area contributed by atoms with Gasteiger partial charge < -0.3 is 4.74 Å². The van der Waals surface area contributed by atoms with Gasteiger partial charge >= 0.3 is 12.4 Å². The summed E-state index contributed by atoms with van der Waals surface area (Å²) in [6.45, 7) is 0. The number of allylic oxidation sites excluding steroid dienone is 1. The first-order valence-electron chi connectivity index (χ1n) is 12.3. The van der Waals surface area contributed by atoms with Crippen LogP contribution in [0.4, 0.5) is 26.3 Å². The van der Waals surface area contributed by atoms with Gasteiger partial charge in [-0.25, -0.2) is 0 Å². The molecular formula is C32H18F6O. The molecule has 0 saturated heterocycles. The molecule has 3 aliphatic carbocycles. The molecule has 1 nitrogen and oxygen atoms in total. The van der Waals surface area contributed by atoms with Crippen molar-refractivity contribution in [2.45, 2.75) is 23.9 Å². The lowest BCUT2D eigenvalue weighted by Crippen LogP contribution is -2.41. The van der Waals surface area contributed by atoms with Crippen LogP contribution in [0, 0.1) is 0 Å². The Kier molecular flexibility index (Phi) is 4.82. The van der Waals surface area contributed by atoms with Crippen LogP contribution in [-0.4, -0.2) is 0 Å². The number of hydrogen-bond donors (Lipinski definition) is 0. The van der Waals surface area contributed by atoms with Gasteiger partial charge in [-0.3, -0.25) is 0 Å². The lowest BCUT2D eigenvalue weighted by molar-refractivity contribution is -0.138. The zero-order chi connectivity index (χ0) is 27.2. The van der Waals surface area contributed by atoms with E-state index < -0.39 is 29.1 Å². The molecule has 8 rings (SSSR count). The van der Waals surface area contributed by atoms with Gasteiger partial charge in [0.2, 0.25) is 0 Å². The maximum atomic E-state index is 13.3. The van der Waals surface area contributed by atoms with Gasteiger partial charge in [0.05, 0.1) is 11.1 Å². The van der Waals surface area contributed by atoms with Gasteiger partial charge in [-0.1, -0.05) is 72.8 Å². The summed E-state index contributed by atoms with van der Waals surface area (Å²) in [5, 5.41) is 0. The Balaban J connectivity index is 1.48. The zero-order valence-electron chi connectivity index (χ0n) is 20.1. The zero-order valence-corrected chi connectivity index (χ0v) is 20.1. The molecule has 4 aromatic carbocycles. The van der Waals surface area contributed by atoms with Gasteiger partial charge in [0, 0.05) is 28.2 Å². The van der Waals surface area contributed by atoms with Gasteiger partial charge in [0.1, 0.15) is 5.76 Å². The Hall–Kier alpha value is -4.26. The van der Waals surface area contributed by atoms with Crippen LogP contribution in [0.2, 0.25) is 0 Å². The van der Waals surface area contributed by atoms with E-state index in [-0.39, 0.29) is 5.92 Å². The van der Waals surface area contributed by atoms with E-state index in [2.05, 4.69) is 0 Å². The summed E-state index contributed by atoms with van der Waals surface area (Å²) in [6.07, 6.45) is -7.10. The maximum absolute atomic E-state index is 13.3. The van der Waals surface area contributed by atoms with Crippen molar-refractivity contribution in [3.63, 3.8) is 0 Å². The largest absolute Gasteiger partial charge is 0.472 e. The lowest BCUT2D eigenvalue weighted by Gasteiger charge is -2.48. The molecule has 0 saturated carbocycles. The highest BCUT2D eigenvalue weighted by Gasteiger charge is 2.57. The molecular weight excluding hydrogens is 514 g/mol. The van der Waals surface area contributed by atoms with Gasteiger partial charge in [-0.15, -0.1) is 0 Å². The van der Waals surface area contributed by atoms with E-state index in [0.717, 1.165) is 57.7 Å². The molecule has 39 heavy (non-hydrogen) atoms. The second-order valence-electron chi connectivity index (χ2n) is 9.88. The molecule has 4 aliphatic rings. The van der Waals surface area contributed by atoms with E-state index in [1.54, 1.807) is 0 Å². The fourth-order valence-corrected chi connectivity index (χ4v) is 6.19. The SMILES string of the molecule is FC(F)(F)c1ccc(C2=CC3=C(c4ccc(C(F)(F)F)cc4)C4c5ccccc5C3(O2)c2ccccc24)cc1. The molecule has 1 spiro atoms. The molecule has 7 heteroatoms. The van der Waals surface area contributed by atoms with Crippen LogP contribution in [0.15, 0.2) is 109 Å². The number of hydrogen-bond acceptors (Lipinski definition) is 1. The standard InChI is InChI=1S/C32H18F6O/c33-31(34,35)20-13-9-18(10-14-20)27-17-26-28(19-11-15-21(16-12-19)32(36,37)38)29-22-5-1-3-7-24(22)30(26,39-27)25-8-4-2-6-23(25)29/h1-17,29H. The van der Waals surface area contributed by atoms with Crippen LogP contribution in [0.5, 0.6) is 0 Å². The lowest BCUT2D eigenvalue weighted by atomic mass is 9.58. The molecule has 0 unspecified atom stereocenters. The molecule has 1 heterocycles. The quantitative estimate of drug-likeness (QED) is 0.234. The van der Waals surface area contributed by atoms with Crippen molar-refractivity contribution in [2.75, 3.05) is 0 Å². The number of rotatable bonds is 2. The molecule has 0 fully saturated rings. The second-order valence-corrected chi connectivity index (χ2v) is 9.88. The van der Waals surface area contributed by atoms with Crippen molar-refractivity contribution in [1.29, 1.82) is 0 Å². The van der Waals surface area contributed by atoms with Crippen molar-refractivity contribution in [3.8, 4) is 0 Å². The molecule has 0 aromatic heterocycles. The molecule has 0 atom stereocenters. The van der Waals surface area contributed by atoms with Crippen LogP contribution in [0.25, 0.3) is 11.3 Å². The Labute approximate surface area is 219 Å². The fraction of sp³-hybridized carbons (Fsp3) is 0.125. The molecule has 1 aliphatic heterocycles. The third-order valence-electron chi connectivity index (χ3n) is 7.82. The van der Waals surface area contributed by atoms with E-state index in [4.69, 9.17) is 4.74 Å². The minimum Gasteiger partial charge on any atom is -0.472 e. The highest BCUT2D eigenvalue weighted by Crippen LogP contribution is 2.65. The summed E-state index contributed by atoms with van der Waals surface area (Å²) in [6, 6.07) is 25.5. The first-order valence-corrected chi connectivity index (χ1v) is 12.3. The Morgan fingerprint density at radius 2 is 1.03 bits per heavy atom. The highest BCUT2D eigenvalue weighted by molar-refractivity contribution is 5.92. The van der Waals surface area contributed by atoms with E-state index in [1.807, 2.05) is 54.6 Å². The van der Waals surface area contributed by atoms with Crippen LogP contribution < -0.4 is 0 Å². The Morgan fingerprint density at radius 1 is 0.564 bits per heavy atom. The molecule has 4 aromatic rings. The minimum absolute atomic E-state index is 0.252.